The van der Waals surface area contributed by atoms with Crippen molar-refractivity contribution >= 4 is 11.2 Å². The minimum absolute atomic E-state index is 0.0777. The van der Waals surface area contributed by atoms with E-state index in [4.69, 9.17) is 9.47 Å². The fourth-order valence-corrected chi connectivity index (χ4v) is 4.29. The van der Waals surface area contributed by atoms with Crippen LogP contribution in [0.3, 0.4) is 0 Å². The first-order valence-corrected chi connectivity index (χ1v) is 11.6. The van der Waals surface area contributed by atoms with Gasteiger partial charge < -0.3 is 9.47 Å². The molecule has 1 atom stereocenters. The Morgan fingerprint density at radius 3 is 2.55 bits per heavy atom. The maximum Gasteiger partial charge on any atom is 0.165 e. The lowest BCUT2D eigenvalue weighted by Gasteiger charge is -2.28. The molecule has 0 bridgehead atoms. The predicted molar refractivity (Wildman–Crippen MR) is 132 cm³/mol. The third kappa shape index (κ3) is 4.97. The van der Waals surface area contributed by atoms with Crippen molar-refractivity contribution in [3.63, 3.8) is 0 Å². The Morgan fingerprint density at radius 2 is 1.91 bits per heavy atom. The molecule has 0 radical (unpaired) electrons. The molecule has 4 rings (SSSR count). The van der Waals surface area contributed by atoms with Crippen LogP contribution in [0.25, 0.3) is 22.3 Å². The molecule has 2 heterocycles. The zero-order valence-electron chi connectivity index (χ0n) is 20.6. The topological polar surface area (TPSA) is 35.8 Å². The van der Waals surface area contributed by atoms with Gasteiger partial charge in [-0.25, -0.2) is 9.37 Å². The molecule has 0 fully saturated rings. The molecule has 1 aliphatic rings. The standard InChI is InChI=1S/C28H33FN2O2/c1-17(2)32-26-11-8-20(14-24(26)29)23-16-31-25(15-30-27(31)13-19(23)4)22-10-9-21(12-18(22)3)33-28(5,6)7/h8-11,13-18H,12H2,1-7H3. The van der Waals surface area contributed by atoms with E-state index in [1.54, 1.807) is 12.1 Å². The van der Waals surface area contributed by atoms with Gasteiger partial charge in [0.05, 0.1) is 23.8 Å². The molecule has 174 valence electrons. The molecular formula is C28H33FN2O2. The molecule has 0 spiro atoms. The van der Waals surface area contributed by atoms with Gasteiger partial charge in [0.1, 0.15) is 11.2 Å². The molecule has 2 aromatic heterocycles. The van der Waals surface area contributed by atoms with Crippen LogP contribution in [-0.2, 0) is 4.74 Å². The van der Waals surface area contributed by atoms with E-state index in [1.165, 1.54) is 5.57 Å². The van der Waals surface area contributed by atoms with Gasteiger partial charge in [0, 0.05) is 18.2 Å². The summed E-state index contributed by atoms with van der Waals surface area (Å²) in [4.78, 5) is 4.64. The van der Waals surface area contributed by atoms with E-state index in [0.29, 0.717) is 5.92 Å². The first kappa shape index (κ1) is 23.1. The average Bonchev–Trinajstić information content (AvgIpc) is 3.10. The quantitative estimate of drug-likeness (QED) is 0.409. The molecule has 1 aliphatic carbocycles. The number of aryl methyl sites for hydroxylation is 1. The molecule has 0 saturated heterocycles. The highest BCUT2D eigenvalue weighted by molar-refractivity contribution is 5.74. The molecule has 0 amide bonds. The van der Waals surface area contributed by atoms with Crippen LogP contribution in [0.4, 0.5) is 4.39 Å². The number of rotatable bonds is 5. The number of imidazole rings is 1. The minimum Gasteiger partial charge on any atom is -0.492 e. The highest BCUT2D eigenvalue weighted by Crippen LogP contribution is 2.36. The highest BCUT2D eigenvalue weighted by Gasteiger charge is 2.23. The lowest BCUT2D eigenvalue weighted by atomic mass is 9.90. The summed E-state index contributed by atoms with van der Waals surface area (Å²) < 4.78 is 28.4. The highest BCUT2D eigenvalue weighted by atomic mass is 19.1. The van der Waals surface area contributed by atoms with Crippen LogP contribution in [-0.4, -0.2) is 21.1 Å². The summed E-state index contributed by atoms with van der Waals surface area (Å²) in [7, 11) is 0. The number of hydrogen-bond acceptors (Lipinski definition) is 3. The predicted octanol–water partition coefficient (Wildman–Crippen LogP) is 7.36. The van der Waals surface area contributed by atoms with Crippen molar-refractivity contribution in [1.29, 1.82) is 0 Å². The number of nitrogens with zero attached hydrogens (tertiary/aromatic N) is 2. The molecular weight excluding hydrogens is 415 g/mol. The van der Waals surface area contributed by atoms with Crippen LogP contribution in [0.15, 0.2) is 54.6 Å². The van der Waals surface area contributed by atoms with Crippen molar-refractivity contribution in [2.75, 3.05) is 0 Å². The summed E-state index contributed by atoms with van der Waals surface area (Å²) in [5.74, 6) is 1.22. The second-order valence-electron chi connectivity index (χ2n) is 10.1. The molecule has 3 aromatic rings. The van der Waals surface area contributed by atoms with E-state index in [9.17, 15) is 4.39 Å². The summed E-state index contributed by atoms with van der Waals surface area (Å²) in [5.41, 5.74) is 5.75. The monoisotopic (exact) mass is 448 g/mol. The summed E-state index contributed by atoms with van der Waals surface area (Å²) in [6.07, 6.45) is 8.95. The number of halogens is 1. The Bertz CT molecular complexity index is 1240. The Kier molecular flexibility index (Phi) is 6.08. The first-order chi connectivity index (χ1) is 15.5. The van der Waals surface area contributed by atoms with Crippen molar-refractivity contribution in [2.24, 2.45) is 5.92 Å². The molecule has 33 heavy (non-hydrogen) atoms. The van der Waals surface area contributed by atoms with Gasteiger partial charge in [-0.3, -0.25) is 4.40 Å². The molecule has 4 nitrogen and oxygen atoms in total. The third-order valence-corrected chi connectivity index (χ3v) is 5.68. The van der Waals surface area contributed by atoms with Gasteiger partial charge in [0.25, 0.3) is 0 Å². The SMILES string of the molecule is Cc1cc2ncc(C3=CC=C(OC(C)(C)C)CC3C)n2cc1-c1ccc(OC(C)C)c(F)c1. The smallest absolute Gasteiger partial charge is 0.165 e. The number of benzene rings is 1. The van der Waals surface area contributed by atoms with Crippen molar-refractivity contribution < 1.29 is 13.9 Å². The number of fused-ring (bicyclic) bond motifs is 1. The van der Waals surface area contributed by atoms with Crippen molar-refractivity contribution in [3.8, 4) is 16.9 Å². The van der Waals surface area contributed by atoms with Gasteiger partial charge in [-0.2, -0.15) is 0 Å². The molecule has 5 heteroatoms. The van der Waals surface area contributed by atoms with Gasteiger partial charge in [0.2, 0.25) is 0 Å². The maximum atomic E-state index is 14.7. The van der Waals surface area contributed by atoms with Crippen molar-refractivity contribution in [1.82, 2.24) is 9.38 Å². The number of allylic oxidation sites excluding steroid dienone is 4. The van der Waals surface area contributed by atoms with E-state index in [1.807, 2.05) is 39.1 Å². The lowest BCUT2D eigenvalue weighted by Crippen LogP contribution is -2.20. The lowest BCUT2D eigenvalue weighted by molar-refractivity contribution is 0.0445. The van der Waals surface area contributed by atoms with Crippen molar-refractivity contribution in [2.45, 2.75) is 66.6 Å². The van der Waals surface area contributed by atoms with Crippen LogP contribution in [0.1, 0.15) is 59.2 Å². The van der Waals surface area contributed by atoms with Crippen LogP contribution in [0, 0.1) is 18.7 Å². The van der Waals surface area contributed by atoms with Gasteiger partial charge in [-0.15, -0.1) is 0 Å². The summed E-state index contributed by atoms with van der Waals surface area (Å²) in [6.45, 7) is 14.2. The normalized spacial score (nSPS) is 16.7. The number of hydrogen-bond donors (Lipinski definition) is 0. The van der Waals surface area contributed by atoms with Gasteiger partial charge in [-0.05, 0) is 88.4 Å². The van der Waals surface area contributed by atoms with E-state index in [-0.39, 0.29) is 23.3 Å². The third-order valence-electron chi connectivity index (χ3n) is 5.68. The molecule has 1 aromatic carbocycles. The largest absolute Gasteiger partial charge is 0.492 e. The first-order valence-electron chi connectivity index (χ1n) is 11.6. The zero-order valence-corrected chi connectivity index (χ0v) is 20.6. The van der Waals surface area contributed by atoms with Crippen LogP contribution >= 0.6 is 0 Å². The van der Waals surface area contributed by atoms with Crippen molar-refractivity contribution in [3.05, 3.63) is 71.6 Å². The summed E-state index contributed by atoms with van der Waals surface area (Å²) >= 11 is 0. The van der Waals surface area contributed by atoms with Crippen LogP contribution in [0.5, 0.6) is 5.75 Å². The van der Waals surface area contributed by atoms with Crippen LogP contribution < -0.4 is 4.74 Å². The second kappa shape index (κ2) is 8.69. The van der Waals surface area contributed by atoms with E-state index >= 15 is 0 Å². The minimum atomic E-state index is -0.355. The molecule has 0 N–H and O–H groups in total. The Hall–Kier alpha value is -3.08. The van der Waals surface area contributed by atoms with Crippen LogP contribution in [0.2, 0.25) is 0 Å². The van der Waals surface area contributed by atoms with E-state index < -0.39 is 0 Å². The fraction of sp³-hybridized carbons (Fsp3) is 0.393. The molecule has 0 aliphatic heterocycles. The molecule has 1 unspecified atom stereocenters. The Balaban J connectivity index is 1.74. The number of ether oxygens (including phenoxy) is 2. The Morgan fingerprint density at radius 1 is 1.15 bits per heavy atom. The zero-order chi connectivity index (χ0) is 23.9. The molecule has 0 saturated carbocycles. The second-order valence-corrected chi connectivity index (χ2v) is 10.1. The fourth-order valence-electron chi connectivity index (χ4n) is 4.29. The summed E-state index contributed by atoms with van der Waals surface area (Å²) in [6, 6.07) is 7.21. The van der Waals surface area contributed by atoms with Gasteiger partial charge in [0.15, 0.2) is 11.6 Å². The average molecular weight is 449 g/mol. The van der Waals surface area contributed by atoms with Gasteiger partial charge >= 0.3 is 0 Å². The number of aromatic nitrogens is 2. The van der Waals surface area contributed by atoms with E-state index in [2.05, 4.69) is 55.4 Å². The maximum absolute atomic E-state index is 14.7. The Labute approximate surface area is 195 Å². The summed E-state index contributed by atoms with van der Waals surface area (Å²) in [5, 5.41) is 0. The van der Waals surface area contributed by atoms with E-state index in [0.717, 1.165) is 40.2 Å². The number of pyridine rings is 1. The van der Waals surface area contributed by atoms with Gasteiger partial charge in [-0.1, -0.05) is 19.1 Å².